The Bertz CT molecular complexity index is 600. The minimum Gasteiger partial charge on any atom is -1.00 e. The van der Waals surface area contributed by atoms with E-state index in [4.69, 9.17) is 0 Å². The monoisotopic (exact) mass is 330 g/mol. The number of nitrogens with zero attached hydrogens (tertiary/aromatic N) is 2. The molecule has 0 atom stereocenters. The lowest BCUT2D eigenvalue weighted by Gasteiger charge is -2.05. The molecule has 0 aliphatic carbocycles. The van der Waals surface area contributed by atoms with Crippen LogP contribution in [0.15, 0.2) is 48.5 Å². The maximum absolute atomic E-state index is 2.30. The summed E-state index contributed by atoms with van der Waals surface area (Å²) in [4.78, 5) is 2.30. The third-order valence-corrected chi connectivity index (χ3v) is 3.59. The Morgan fingerprint density at radius 1 is 0.850 bits per heavy atom. The van der Waals surface area contributed by atoms with Gasteiger partial charge in [-0.15, -0.1) is 0 Å². The molecule has 0 saturated heterocycles. The average molecular weight is 331 g/mol. The first-order valence-corrected chi connectivity index (χ1v) is 6.74. The van der Waals surface area contributed by atoms with E-state index in [9.17, 15) is 0 Å². The maximum Gasteiger partial charge on any atom is 0.244 e. The molecule has 1 aliphatic rings. The van der Waals surface area contributed by atoms with E-state index in [-0.39, 0.29) is 17.0 Å². The van der Waals surface area contributed by atoms with Crippen LogP contribution in [0.4, 0.5) is 11.4 Å². The highest BCUT2D eigenvalue weighted by molar-refractivity contribution is 5.78. The van der Waals surface area contributed by atoms with Gasteiger partial charge in [-0.3, -0.25) is 0 Å². The van der Waals surface area contributed by atoms with Crippen molar-refractivity contribution in [2.45, 2.75) is 13.8 Å². The molecule has 0 spiro atoms. The Morgan fingerprint density at radius 2 is 1.40 bits per heavy atom. The Morgan fingerprint density at radius 3 is 2.00 bits per heavy atom. The van der Waals surface area contributed by atoms with Gasteiger partial charge in [0.2, 0.25) is 6.34 Å². The van der Waals surface area contributed by atoms with Crippen LogP contribution in [0.5, 0.6) is 0 Å². The van der Waals surface area contributed by atoms with Crippen molar-refractivity contribution in [3.8, 4) is 0 Å². The minimum absolute atomic E-state index is 0. The van der Waals surface area contributed by atoms with Crippen LogP contribution in [0.1, 0.15) is 11.1 Å². The standard InChI is InChI=1S/C17H19N2.BrH/c1-14-3-7-16(8-4-14)18-11-12-19(13-18)17-9-5-15(2)6-10-17;/h3-10,13H,11-12H2,1-2H3;1H/q+1;/p-1. The Labute approximate surface area is 131 Å². The van der Waals surface area contributed by atoms with Crippen molar-refractivity contribution in [1.82, 2.24) is 0 Å². The van der Waals surface area contributed by atoms with E-state index in [0.717, 1.165) is 13.1 Å². The van der Waals surface area contributed by atoms with Crippen molar-refractivity contribution >= 4 is 17.7 Å². The molecule has 0 bridgehead atoms. The first-order chi connectivity index (χ1) is 9.22. The Hall–Kier alpha value is -1.61. The summed E-state index contributed by atoms with van der Waals surface area (Å²) in [5.74, 6) is 0. The fourth-order valence-electron chi connectivity index (χ4n) is 2.36. The smallest absolute Gasteiger partial charge is 0.244 e. The van der Waals surface area contributed by atoms with Gasteiger partial charge in [-0.25, -0.2) is 9.48 Å². The quantitative estimate of drug-likeness (QED) is 0.727. The van der Waals surface area contributed by atoms with Crippen molar-refractivity contribution in [1.29, 1.82) is 0 Å². The van der Waals surface area contributed by atoms with Gasteiger partial charge in [0.1, 0.15) is 24.5 Å². The van der Waals surface area contributed by atoms with Crippen LogP contribution in [0.3, 0.4) is 0 Å². The zero-order valence-corrected chi connectivity index (χ0v) is 13.5. The van der Waals surface area contributed by atoms with Crippen LogP contribution in [0, 0.1) is 13.8 Å². The van der Waals surface area contributed by atoms with Gasteiger partial charge < -0.3 is 17.0 Å². The number of aryl methyl sites for hydroxylation is 2. The molecule has 0 aromatic heterocycles. The first-order valence-electron chi connectivity index (χ1n) is 6.74. The lowest BCUT2D eigenvalue weighted by Crippen LogP contribution is -3.00. The number of anilines is 1. The molecule has 2 nitrogen and oxygen atoms in total. The molecular formula is C17H19BrN2. The summed E-state index contributed by atoms with van der Waals surface area (Å²) in [6.45, 7) is 6.32. The van der Waals surface area contributed by atoms with Crippen LogP contribution in [-0.2, 0) is 0 Å². The molecule has 104 valence electrons. The Balaban J connectivity index is 0.00000147. The average Bonchev–Trinajstić information content (AvgIpc) is 2.90. The second-order valence-corrected chi connectivity index (χ2v) is 5.17. The lowest BCUT2D eigenvalue weighted by atomic mass is 10.2. The fourth-order valence-corrected chi connectivity index (χ4v) is 2.36. The van der Waals surface area contributed by atoms with Crippen molar-refractivity contribution < 1.29 is 21.6 Å². The van der Waals surface area contributed by atoms with Crippen LogP contribution < -0.4 is 21.9 Å². The number of rotatable bonds is 2. The normalized spacial score (nSPS) is 13.9. The SMILES string of the molecule is Cc1ccc(N2C=[N+](c3ccc(C)cc3)CC2)cc1.[Br-]. The van der Waals surface area contributed by atoms with Gasteiger partial charge in [-0.2, -0.15) is 0 Å². The first kappa shape index (κ1) is 14.8. The molecule has 3 heteroatoms. The highest BCUT2D eigenvalue weighted by Gasteiger charge is 2.21. The third kappa shape index (κ3) is 3.10. The molecule has 0 N–H and O–H groups in total. The molecule has 0 fully saturated rings. The predicted octanol–water partition coefficient (Wildman–Crippen LogP) is 0.500. The zero-order chi connectivity index (χ0) is 13.2. The largest absolute Gasteiger partial charge is 1.00 e. The molecule has 0 radical (unpaired) electrons. The number of halogens is 1. The zero-order valence-electron chi connectivity index (χ0n) is 11.9. The van der Waals surface area contributed by atoms with Gasteiger partial charge in [0.15, 0.2) is 0 Å². The highest BCUT2D eigenvalue weighted by atomic mass is 79.9. The fraction of sp³-hybridized carbons (Fsp3) is 0.235. The maximum atomic E-state index is 2.30. The molecule has 1 heterocycles. The van der Waals surface area contributed by atoms with Crippen molar-refractivity contribution in [3.63, 3.8) is 0 Å². The molecule has 0 unspecified atom stereocenters. The van der Waals surface area contributed by atoms with E-state index in [0.29, 0.717) is 0 Å². The van der Waals surface area contributed by atoms with Crippen LogP contribution >= 0.6 is 0 Å². The predicted molar refractivity (Wildman–Crippen MR) is 80.6 cm³/mol. The number of benzene rings is 2. The van der Waals surface area contributed by atoms with Crippen LogP contribution in [0.25, 0.3) is 0 Å². The van der Waals surface area contributed by atoms with Gasteiger partial charge in [-0.1, -0.05) is 35.4 Å². The van der Waals surface area contributed by atoms with E-state index >= 15 is 0 Å². The van der Waals surface area contributed by atoms with Gasteiger partial charge in [0.05, 0.1) is 0 Å². The molecule has 20 heavy (non-hydrogen) atoms. The molecule has 0 amide bonds. The van der Waals surface area contributed by atoms with Gasteiger partial charge >= 0.3 is 0 Å². The van der Waals surface area contributed by atoms with Crippen molar-refractivity contribution in [3.05, 3.63) is 59.7 Å². The second kappa shape index (κ2) is 6.23. The summed E-state index contributed by atoms with van der Waals surface area (Å²) >= 11 is 0. The van der Waals surface area contributed by atoms with Crippen LogP contribution in [-0.4, -0.2) is 24.0 Å². The summed E-state index contributed by atoms with van der Waals surface area (Å²) in [5.41, 5.74) is 5.14. The van der Waals surface area contributed by atoms with E-state index < -0.39 is 0 Å². The van der Waals surface area contributed by atoms with E-state index in [1.54, 1.807) is 0 Å². The van der Waals surface area contributed by atoms with E-state index in [2.05, 4.69) is 78.2 Å². The summed E-state index contributed by atoms with van der Waals surface area (Å²) in [6, 6.07) is 17.4. The molecule has 2 aromatic rings. The lowest BCUT2D eigenvalue weighted by molar-refractivity contribution is -0.424. The minimum atomic E-state index is 0. The van der Waals surface area contributed by atoms with Crippen molar-refractivity contribution in [2.24, 2.45) is 0 Å². The number of hydrogen-bond donors (Lipinski definition) is 0. The van der Waals surface area contributed by atoms with Gasteiger partial charge in [-0.05, 0) is 38.1 Å². The highest BCUT2D eigenvalue weighted by Crippen LogP contribution is 2.19. The third-order valence-electron chi connectivity index (χ3n) is 3.59. The van der Waals surface area contributed by atoms with Gasteiger partial charge in [0, 0.05) is 0 Å². The summed E-state index contributed by atoms with van der Waals surface area (Å²) in [5, 5.41) is 0. The topological polar surface area (TPSA) is 6.25 Å². The van der Waals surface area contributed by atoms with E-state index in [1.165, 1.54) is 22.5 Å². The molecule has 2 aromatic carbocycles. The molecule has 3 rings (SSSR count). The number of hydrogen-bond acceptors (Lipinski definition) is 1. The van der Waals surface area contributed by atoms with Crippen molar-refractivity contribution in [2.75, 3.05) is 18.0 Å². The van der Waals surface area contributed by atoms with E-state index in [1.807, 2.05) is 0 Å². The molecule has 0 saturated carbocycles. The molecular weight excluding hydrogens is 312 g/mol. The van der Waals surface area contributed by atoms with Crippen LogP contribution in [0.2, 0.25) is 0 Å². The summed E-state index contributed by atoms with van der Waals surface area (Å²) < 4.78 is 2.30. The second-order valence-electron chi connectivity index (χ2n) is 5.17. The van der Waals surface area contributed by atoms with Gasteiger partial charge in [0.25, 0.3) is 0 Å². The Kier molecular flexibility index (Phi) is 4.61. The molecule has 1 aliphatic heterocycles. The summed E-state index contributed by atoms with van der Waals surface area (Å²) in [7, 11) is 0. The summed E-state index contributed by atoms with van der Waals surface area (Å²) in [6.07, 6.45) is 2.20.